The Bertz CT molecular complexity index is 1530. The first-order chi connectivity index (χ1) is 17.4. The highest BCUT2D eigenvalue weighted by molar-refractivity contribution is 6.31. The molecule has 2 atom stereocenters. The lowest BCUT2D eigenvalue weighted by atomic mass is 9.94. The number of aliphatic carboxylic acids is 1. The van der Waals surface area contributed by atoms with Crippen molar-refractivity contribution in [3.05, 3.63) is 111 Å². The molecular weight excluding hydrogens is 477 g/mol. The highest BCUT2D eigenvalue weighted by atomic mass is 35.5. The number of aromatic nitrogens is 1. The van der Waals surface area contributed by atoms with E-state index in [4.69, 9.17) is 16.3 Å². The fourth-order valence-corrected chi connectivity index (χ4v) is 4.38. The molecule has 0 spiro atoms. The normalized spacial score (nSPS) is 15.5. The highest BCUT2D eigenvalue weighted by Crippen LogP contribution is 2.36. The zero-order valence-electron chi connectivity index (χ0n) is 19.5. The van der Waals surface area contributed by atoms with Gasteiger partial charge in [0.05, 0.1) is 28.8 Å². The van der Waals surface area contributed by atoms with E-state index < -0.39 is 23.8 Å². The highest BCUT2D eigenvalue weighted by Gasteiger charge is 2.24. The second kappa shape index (κ2) is 10.1. The van der Waals surface area contributed by atoms with Crippen molar-refractivity contribution in [3.63, 3.8) is 0 Å². The maximum absolute atomic E-state index is 13.7. The maximum Gasteiger partial charge on any atom is 0.308 e. The summed E-state index contributed by atoms with van der Waals surface area (Å²) >= 11 is 5.92. The van der Waals surface area contributed by atoms with E-state index in [2.05, 4.69) is 23.2 Å². The van der Waals surface area contributed by atoms with Gasteiger partial charge in [0.15, 0.2) is 0 Å². The summed E-state index contributed by atoms with van der Waals surface area (Å²) in [5.41, 5.74) is 6.28. The quantitative estimate of drug-likeness (QED) is 0.298. The topological polar surface area (TPSA) is 59.4 Å². The van der Waals surface area contributed by atoms with E-state index in [-0.39, 0.29) is 11.6 Å². The van der Waals surface area contributed by atoms with Crippen LogP contribution in [-0.2, 0) is 9.53 Å². The monoisotopic (exact) mass is 499 g/mol. The Kier molecular flexibility index (Phi) is 6.68. The first-order valence-electron chi connectivity index (χ1n) is 11.6. The molecule has 0 saturated heterocycles. The van der Waals surface area contributed by atoms with E-state index in [0.29, 0.717) is 16.6 Å². The van der Waals surface area contributed by atoms with E-state index in [1.165, 1.54) is 12.1 Å². The molecule has 6 heteroatoms. The summed E-state index contributed by atoms with van der Waals surface area (Å²) in [6.45, 7) is 1.74. The molecule has 1 N–H and O–H groups in total. The third kappa shape index (κ3) is 4.94. The lowest BCUT2D eigenvalue weighted by Gasteiger charge is -2.22. The first-order valence-corrected chi connectivity index (χ1v) is 12.0. The minimum Gasteiger partial charge on any atom is -0.481 e. The summed E-state index contributed by atoms with van der Waals surface area (Å²) < 4.78 is 20.0. The van der Waals surface area contributed by atoms with Crippen molar-refractivity contribution in [2.75, 3.05) is 6.61 Å². The number of carboxylic acid groups (broad SMARTS) is 1. The number of hydrogen-bond acceptors (Lipinski definition) is 3. The van der Waals surface area contributed by atoms with Crippen LogP contribution >= 0.6 is 11.6 Å². The number of halogens is 2. The second-order valence-electron chi connectivity index (χ2n) is 8.83. The van der Waals surface area contributed by atoms with Crippen LogP contribution in [0.4, 0.5) is 4.39 Å². The number of fused-ring (bicyclic) bond motifs is 3. The molecule has 5 rings (SSSR count). The summed E-state index contributed by atoms with van der Waals surface area (Å²) in [7, 11) is 0. The molecule has 3 aromatic carbocycles. The fraction of sp³-hybridized carbons (Fsp3) is 0.133. The molecule has 1 aliphatic rings. The van der Waals surface area contributed by atoms with E-state index >= 15 is 0 Å². The van der Waals surface area contributed by atoms with Gasteiger partial charge in [0.1, 0.15) is 11.9 Å². The third-order valence-corrected chi connectivity index (χ3v) is 6.54. The van der Waals surface area contributed by atoms with E-state index in [0.717, 1.165) is 27.8 Å². The minimum absolute atomic E-state index is 0.0403. The van der Waals surface area contributed by atoms with Gasteiger partial charge in [-0.25, -0.2) is 9.37 Å². The minimum atomic E-state index is -0.890. The molecule has 4 aromatic rings. The van der Waals surface area contributed by atoms with E-state index in [9.17, 15) is 14.3 Å². The Hall–Kier alpha value is -3.80. The van der Waals surface area contributed by atoms with Crippen LogP contribution in [0.15, 0.2) is 66.7 Å². The number of hydrogen-bond donors (Lipinski definition) is 1. The van der Waals surface area contributed by atoms with Gasteiger partial charge >= 0.3 is 5.97 Å². The van der Waals surface area contributed by atoms with Crippen LogP contribution in [0.5, 0.6) is 0 Å². The number of nitrogens with zero attached hydrogens (tertiary/aromatic N) is 1. The number of rotatable bonds is 6. The number of benzene rings is 3. The maximum atomic E-state index is 13.7. The number of pyridine rings is 1. The Labute approximate surface area is 213 Å². The van der Waals surface area contributed by atoms with Gasteiger partial charge in [0, 0.05) is 5.39 Å². The van der Waals surface area contributed by atoms with Crippen molar-refractivity contribution < 1.29 is 19.0 Å². The van der Waals surface area contributed by atoms with Crippen molar-refractivity contribution in [2.45, 2.75) is 13.0 Å². The molecule has 0 bridgehead atoms. The predicted molar refractivity (Wildman–Crippen MR) is 142 cm³/mol. The molecule has 1 aliphatic carbocycles. The molecule has 0 aliphatic heterocycles. The van der Waals surface area contributed by atoms with Gasteiger partial charge in [0.25, 0.3) is 0 Å². The zero-order chi connectivity index (χ0) is 25.2. The number of carboxylic acids is 1. The molecule has 4 nitrogen and oxygen atoms in total. The smallest absolute Gasteiger partial charge is 0.308 e. The molecule has 36 heavy (non-hydrogen) atoms. The van der Waals surface area contributed by atoms with Crippen LogP contribution in [0, 0.1) is 11.7 Å². The number of ether oxygens (including phenoxy) is 1. The molecule has 0 amide bonds. The van der Waals surface area contributed by atoms with Crippen molar-refractivity contribution in [1.82, 2.24) is 4.98 Å². The van der Waals surface area contributed by atoms with Crippen LogP contribution in [0.2, 0.25) is 5.02 Å². The van der Waals surface area contributed by atoms with Crippen molar-refractivity contribution in [1.29, 1.82) is 0 Å². The van der Waals surface area contributed by atoms with Crippen molar-refractivity contribution in [3.8, 4) is 0 Å². The molecular formula is C30H23ClFNO3. The summed E-state index contributed by atoms with van der Waals surface area (Å²) in [6, 6.07) is 20.6. The van der Waals surface area contributed by atoms with Crippen LogP contribution in [-0.4, -0.2) is 22.7 Å². The van der Waals surface area contributed by atoms with Gasteiger partial charge in [-0.1, -0.05) is 72.3 Å². The molecule has 0 radical (unpaired) electrons. The van der Waals surface area contributed by atoms with Crippen LogP contribution in [0.1, 0.15) is 46.5 Å². The molecule has 1 aromatic heterocycles. The standard InChI is InChI=1S/C30H23ClFNO3/c1-18(30(34)35)17-36-29-24-5-3-2-4-20(24)9-10-21-8-6-19(14-25(21)29)7-12-23-13-11-22-15-27(32)26(31)16-28(22)33-23/h2-16,18,29H,17H2,1H3,(H,34,35)/b12-7+. The lowest BCUT2D eigenvalue weighted by molar-refractivity contribution is -0.143. The van der Waals surface area contributed by atoms with Crippen molar-refractivity contribution in [2.24, 2.45) is 5.92 Å². The van der Waals surface area contributed by atoms with E-state index in [1.807, 2.05) is 60.7 Å². The Morgan fingerprint density at radius 3 is 2.64 bits per heavy atom. The summed E-state index contributed by atoms with van der Waals surface area (Å²) in [5.74, 6) is -1.98. The summed E-state index contributed by atoms with van der Waals surface area (Å²) in [6.07, 6.45) is 7.55. The van der Waals surface area contributed by atoms with Gasteiger partial charge in [-0.3, -0.25) is 4.79 Å². The van der Waals surface area contributed by atoms with Crippen LogP contribution in [0.25, 0.3) is 35.2 Å². The SMILES string of the molecule is CC(COC1c2ccccc2C=Cc2ccc(/C=C/c3ccc4cc(F)c(Cl)cc4n3)cc21)C(=O)O. The van der Waals surface area contributed by atoms with E-state index in [1.54, 1.807) is 6.92 Å². The summed E-state index contributed by atoms with van der Waals surface area (Å²) in [5, 5.41) is 10.1. The number of carbonyl (C=O) groups is 1. The predicted octanol–water partition coefficient (Wildman–Crippen LogP) is 7.51. The first kappa shape index (κ1) is 23.9. The van der Waals surface area contributed by atoms with Gasteiger partial charge in [0.2, 0.25) is 0 Å². The van der Waals surface area contributed by atoms with Gasteiger partial charge in [-0.05, 0) is 65.1 Å². The Morgan fingerprint density at radius 1 is 1.06 bits per heavy atom. The molecule has 0 fully saturated rings. The Morgan fingerprint density at radius 2 is 1.83 bits per heavy atom. The van der Waals surface area contributed by atoms with Crippen LogP contribution < -0.4 is 0 Å². The Balaban J connectivity index is 1.49. The molecule has 180 valence electrons. The summed E-state index contributed by atoms with van der Waals surface area (Å²) in [4.78, 5) is 16.0. The second-order valence-corrected chi connectivity index (χ2v) is 9.24. The van der Waals surface area contributed by atoms with Crippen LogP contribution in [0.3, 0.4) is 0 Å². The third-order valence-electron chi connectivity index (χ3n) is 6.25. The molecule has 1 heterocycles. The lowest BCUT2D eigenvalue weighted by Crippen LogP contribution is -2.19. The van der Waals surface area contributed by atoms with Gasteiger partial charge in [-0.15, -0.1) is 0 Å². The molecule has 0 saturated carbocycles. The largest absolute Gasteiger partial charge is 0.481 e. The van der Waals surface area contributed by atoms with Gasteiger partial charge in [-0.2, -0.15) is 0 Å². The fourth-order valence-electron chi connectivity index (χ4n) is 4.22. The average molecular weight is 500 g/mol. The van der Waals surface area contributed by atoms with Gasteiger partial charge < -0.3 is 9.84 Å². The average Bonchev–Trinajstić information content (AvgIpc) is 3.03. The van der Waals surface area contributed by atoms with Crippen molar-refractivity contribution >= 4 is 52.8 Å². The zero-order valence-corrected chi connectivity index (χ0v) is 20.2. The molecule has 2 unspecified atom stereocenters.